The smallest absolute Gasteiger partial charge is 0.0725 e. The van der Waals surface area contributed by atoms with E-state index in [4.69, 9.17) is 0 Å². The molecule has 7 aromatic carbocycles. The maximum atomic E-state index is 2.46. The second-order valence-electron chi connectivity index (χ2n) is 13.8. The first-order valence-corrected chi connectivity index (χ1v) is 17.4. The molecule has 0 aromatic heterocycles. The first-order chi connectivity index (χ1) is 24.2. The van der Waals surface area contributed by atoms with Gasteiger partial charge in [0.05, 0.1) is 5.41 Å². The molecule has 0 N–H and O–H groups in total. The predicted octanol–water partition coefficient (Wildman–Crippen LogP) is 11.0. The molecule has 0 saturated heterocycles. The summed E-state index contributed by atoms with van der Waals surface area (Å²) in [6, 6.07) is 61.0. The number of anilines is 3. The maximum absolute atomic E-state index is 2.46. The molecule has 3 aliphatic rings. The summed E-state index contributed by atoms with van der Waals surface area (Å²) < 4.78 is 0. The number of hydrogen-bond acceptors (Lipinski definition) is 2. The van der Waals surface area contributed by atoms with Crippen LogP contribution >= 0.6 is 0 Å². The number of hydrogen-bond donors (Lipinski definition) is 0. The van der Waals surface area contributed by atoms with Crippen molar-refractivity contribution in [2.75, 3.05) is 11.9 Å². The molecule has 1 aliphatic heterocycles. The standard InChI is InChI=1S/C47H36N2/c1-48(30-32-25-27-36(28-26-32)49-44-23-10-2-13-33(44)29-34-14-3-11-24-45(34)49)31-35-15-12-22-43-46(35)39-18-6-9-21-42(39)47(43)40-19-7-4-16-37(40)38-17-5-8-20-41(38)47/h2-28H,29-31H2,1H3. The third kappa shape index (κ3) is 4.11. The molecule has 10 rings (SSSR count). The molecule has 2 heteroatoms. The monoisotopic (exact) mass is 628 g/mol. The van der Waals surface area contributed by atoms with Crippen LogP contribution in [0.5, 0.6) is 0 Å². The summed E-state index contributed by atoms with van der Waals surface area (Å²) in [5.41, 5.74) is 19.9. The Morgan fingerprint density at radius 1 is 0.490 bits per heavy atom. The van der Waals surface area contributed by atoms with Gasteiger partial charge in [0.15, 0.2) is 0 Å². The second kappa shape index (κ2) is 10.9. The predicted molar refractivity (Wildman–Crippen MR) is 202 cm³/mol. The molecule has 7 aromatic rings. The fraction of sp³-hybridized carbons (Fsp3) is 0.106. The summed E-state index contributed by atoms with van der Waals surface area (Å²) in [6.07, 6.45) is 0.972. The van der Waals surface area contributed by atoms with Gasteiger partial charge in [0.2, 0.25) is 0 Å². The fourth-order valence-electron chi connectivity index (χ4n) is 9.13. The van der Waals surface area contributed by atoms with Crippen molar-refractivity contribution in [1.82, 2.24) is 4.90 Å². The molecule has 234 valence electrons. The zero-order valence-corrected chi connectivity index (χ0v) is 27.6. The Morgan fingerprint density at radius 2 is 1.00 bits per heavy atom. The Labute approximate surface area is 288 Å². The summed E-state index contributed by atoms with van der Waals surface area (Å²) in [6.45, 7) is 1.74. The molecule has 1 spiro atoms. The molecule has 0 amide bonds. The molecule has 0 saturated carbocycles. The quantitative estimate of drug-likeness (QED) is 0.187. The van der Waals surface area contributed by atoms with Crippen molar-refractivity contribution in [1.29, 1.82) is 0 Å². The van der Waals surface area contributed by atoms with E-state index in [2.05, 4.69) is 181 Å². The zero-order valence-electron chi connectivity index (χ0n) is 27.6. The number of rotatable bonds is 5. The maximum Gasteiger partial charge on any atom is 0.0725 e. The average molecular weight is 629 g/mol. The third-order valence-electron chi connectivity index (χ3n) is 11.0. The molecule has 1 heterocycles. The Bertz CT molecular complexity index is 2310. The van der Waals surface area contributed by atoms with Gasteiger partial charge in [-0.2, -0.15) is 0 Å². The van der Waals surface area contributed by atoms with E-state index >= 15 is 0 Å². The molecule has 0 atom stereocenters. The number of benzene rings is 7. The van der Waals surface area contributed by atoms with Gasteiger partial charge in [-0.05, 0) is 98.1 Å². The van der Waals surface area contributed by atoms with Crippen LogP contribution in [-0.2, 0) is 24.9 Å². The van der Waals surface area contributed by atoms with Crippen LogP contribution in [0.4, 0.5) is 17.1 Å². The summed E-state index contributed by atoms with van der Waals surface area (Å²) in [5.74, 6) is 0. The van der Waals surface area contributed by atoms with E-state index in [1.807, 2.05) is 0 Å². The van der Waals surface area contributed by atoms with Crippen molar-refractivity contribution in [2.45, 2.75) is 24.9 Å². The Balaban J connectivity index is 0.989. The molecular formula is C47H36N2. The number of nitrogens with zero attached hydrogens (tertiary/aromatic N) is 2. The lowest BCUT2D eigenvalue weighted by atomic mass is 9.70. The molecule has 0 bridgehead atoms. The fourth-order valence-corrected chi connectivity index (χ4v) is 9.13. The van der Waals surface area contributed by atoms with E-state index in [1.165, 1.54) is 83.8 Å². The number of para-hydroxylation sites is 2. The highest BCUT2D eigenvalue weighted by molar-refractivity contribution is 5.95. The van der Waals surface area contributed by atoms with Gasteiger partial charge in [-0.1, -0.05) is 140 Å². The molecule has 0 unspecified atom stereocenters. The minimum atomic E-state index is -0.296. The van der Waals surface area contributed by atoms with Crippen LogP contribution in [0.15, 0.2) is 164 Å². The minimum absolute atomic E-state index is 0.296. The van der Waals surface area contributed by atoms with Gasteiger partial charge in [-0.3, -0.25) is 4.90 Å². The van der Waals surface area contributed by atoms with Crippen molar-refractivity contribution in [2.24, 2.45) is 0 Å². The van der Waals surface area contributed by atoms with E-state index < -0.39 is 0 Å². The summed E-state index contributed by atoms with van der Waals surface area (Å²) in [5, 5.41) is 0. The normalized spacial score (nSPS) is 14.2. The van der Waals surface area contributed by atoms with Gasteiger partial charge in [0, 0.05) is 36.6 Å². The SMILES string of the molecule is CN(Cc1ccc(N2c3ccccc3Cc3ccccc32)cc1)Cc1cccc2c1-c1ccccc1C21c2ccccc2-c2ccccc21. The van der Waals surface area contributed by atoms with Crippen molar-refractivity contribution in [3.63, 3.8) is 0 Å². The molecule has 49 heavy (non-hydrogen) atoms. The first-order valence-electron chi connectivity index (χ1n) is 17.4. The van der Waals surface area contributed by atoms with Crippen LogP contribution in [0, 0.1) is 0 Å². The average Bonchev–Trinajstić information content (AvgIpc) is 3.62. The highest BCUT2D eigenvalue weighted by atomic mass is 15.2. The van der Waals surface area contributed by atoms with E-state index in [9.17, 15) is 0 Å². The molecule has 2 aliphatic carbocycles. The third-order valence-corrected chi connectivity index (χ3v) is 11.0. The highest BCUT2D eigenvalue weighted by Crippen LogP contribution is 2.63. The largest absolute Gasteiger partial charge is 0.310 e. The van der Waals surface area contributed by atoms with E-state index in [0.717, 1.165) is 19.5 Å². The van der Waals surface area contributed by atoms with Crippen LogP contribution in [0.2, 0.25) is 0 Å². The lowest BCUT2D eigenvalue weighted by Gasteiger charge is -2.33. The second-order valence-corrected chi connectivity index (χ2v) is 13.8. The van der Waals surface area contributed by atoms with Gasteiger partial charge in [0.25, 0.3) is 0 Å². The summed E-state index contributed by atoms with van der Waals surface area (Å²) in [4.78, 5) is 4.88. The zero-order chi connectivity index (χ0) is 32.5. The lowest BCUT2D eigenvalue weighted by molar-refractivity contribution is 0.319. The minimum Gasteiger partial charge on any atom is -0.310 e. The van der Waals surface area contributed by atoms with Gasteiger partial charge in [-0.15, -0.1) is 0 Å². The first kappa shape index (κ1) is 28.3. The van der Waals surface area contributed by atoms with Crippen LogP contribution < -0.4 is 4.90 Å². The lowest BCUT2D eigenvalue weighted by Crippen LogP contribution is -2.26. The molecule has 0 radical (unpaired) electrons. The summed E-state index contributed by atoms with van der Waals surface area (Å²) >= 11 is 0. The van der Waals surface area contributed by atoms with Gasteiger partial charge in [-0.25, -0.2) is 0 Å². The van der Waals surface area contributed by atoms with Gasteiger partial charge >= 0.3 is 0 Å². The summed E-state index contributed by atoms with van der Waals surface area (Å²) in [7, 11) is 2.25. The molecule has 2 nitrogen and oxygen atoms in total. The van der Waals surface area contributed by atoms with Crippen LogP contribution in [0.3, 0.4) is 0 Å². The van der Waals surface area contributed by atoms with Crippen molar-refractivity contribution in [3.05, 3.63) is 208 Å². The van der Waals surface area contributed by atoms with Crippen LogP contribution in [0.25, 0.3) is 22.3 Å². The van der Waals surface area contributed by atoms with Crippen molar-refractivity contribution < 1.29 is 0 Å². The van der Waals surface area contributed by atoms with Crippen LogP contribution in [0.1, 0.15) is 44.5 Å². The Kier molecular flexibility index (Phi) is 6.31. The highest BCUT2D eigenvalue weighted by Gasteiger charge is 2.51. The Hall–Kier alpha value is -5.70. The molecular weight excluding hydrogens is 593 g/mol. The Morgan fingerprint density at radius 3 is 1.63 bits per heavy atom. The van der Waals surface area contributed by atoms with E-state index in [1.54, 1.807) is 0 Å². The number of fused-ring (bicyclic) bond motifs is 12. The van der Waals surface area contributed by atoms with Crippen molar-refractivity contribution in [3.8, 4) is 22.3 Å². The topological polar surface area (TPSA) is 6.48 Å². The van der Waals surface area contributed by atoms with Gasteiger partial charge in [0.1, 0.15) is 0 Å². The van der Waals surface area contributed by atoms with E-state index in [-0.39, 0.29) is 5.41 Å². The van der Waals surface area contributed by atoms with E-state index in [0.29, 0.717) is 0 Å². The van der Waals surface area contributed by atoms with Gasteiger partial charge < -0.3 is 4.90 Å². The van der Waals surface area contributed by atoms with Crippen molar-refractivity contribution >= 4 is 17.1 Å². The van der Waals surface area contributed by atoms with Crippen LogP contribution in [-0.4, -0.2) is 11.9 Å². The molecule has 0 fully saturated rings.